The van der Waals surface area contributed by atoms with Crippen LogP contribution in [0.25, 0.3) is 0 Å². The number of hydrogen-bond acceptors (Lipinski definition) is 4. The van der Waals surface area contributed by atoms with Gasteiger partial charge in [-0.2, -0.15) is 0 Å². The van der Waals surface area contributed by atoms with Gasteiger partial charge in [0.15, 0.2) is 5.56 Å². The van der Waals surface area contributed by atoms with Crippen LogP contribution in [-0.4, -0.2) is 29.2 Å². The van der Waals surface area contributed by atoms with E-state index in [1.54, 1.807) is 18.2 Å². The van der Waals surface area contributed by atoms with Gasteiger partial charge in [-0.3, -0.25) is 0 Å². The Hall–Kier alpha value is -2.01. The van der Waals surface area contributed by atoms with Crippen molar-refractivity contribution >= 4 is 23.5 Å². The first-order valence-corrected chi connectivity index (χ1v) is 9.90. The second-order valence-electron chi connectivity index (χ2n) is 6.32. The molecule has 0 saturated heterocycles. The lowest BCUT2D eigenvalue weighted by atomic mass is 10.1. The number of benzene rings is 1. The fourth-order valence-electron chi connectivity index (χ4n) is 2.64. The quantitative estimate of drug-likeness (QED) is 0.181. The third-order valence-electron chi connectivity index (χ3n) is 4.11. The van der Waals surface area contributed by atoms with Crippen molar-refractivity contribution in [3.8, 4) is 5.75 Å². The van der Waals surface area contributed by atoms with E-state index in [-0.39, 0.29) is 11.5 Å². The SMILES string of the molecule is C=CC(=O)OCCCCCCCCCCC(Cl)Oc1ccccc1C(=O)O. The summed E-state index contributed by atoms with van der Waals surface area (Å²) in [7, 11) is 0. The molecular formula is C21H29ClO5. The first-order chi connectivity index (χ1) is 13.0. The lowest BCUT2D eigenvalue weighted by molar-refractivity contribution is -0.137. The first kappa shape index (κ1) is 23.0. The number of hydrogen-bond donors (Lipinski definition) is 1. The van der Waals surface area contributed by atoms with E-state index in [2.05, 4.69) is 6.58 Å². The average molecular weight is 397 g/mol. The molecule has 1 N–H and O–H groups in total. The molecule has 0 bridgehead atoms. The van der Waals surface area contributed by atoms with Crippen molar-refractivity contribution in [2.45, 2.75) is 63.4 Å². The first-order valence-electron chi connectivity index (χ1n) is 9.47. The summed E-state index contributed by atoms with van der Waals surface area (Å²) in [5.41, 5.74) is -0.397. The van der Waals surface area contributed by atoms with Crippen molar-refractivity contribution < 1.29 is 24.2 Å². The molecule has 150 valence electrons. The van der Waals surface area contributed by atoms with E-state index < -0.39 is 11.5 Å². The van der Waals surface area contributed by atoms with Crippen LogP contribution in [0.15, 0.2) is 36.9 Å². The number of carbonyl (C=O) groups is 2. The summed E-state index contributed by atoms with van der Waals surface area (Å²) in [6.45, 7) is 3.82. The van der Waals surface area contributed by atoms with Crippen LogP contribution in [0, 0.1) is 0 Å². The van der Waals surface area contributed by atoms with Gasteiger partial charge < -0.3 is 14.6 Å². The third-order valence-corrected chi connectivity index (χ3v) is 4.42. The number of alkyl halides is 1. The van der Waals surface area contributed by atoms with Crippen LogP contribution in [0.1, 0.15) is 68.1 Å². The van der Waals surface area contributed by atoms with Crippen LogP contribution in [-0.2, 0) is 9.53 Å². The van der Waals surface area contributed by atoms with Gasteiger partial charge in [-0.1, -0.05) is 68.8 Å². The Balaban J connectivity index is 2.01. The summed E-state index contributed by atoms with van der Waals surface area (Å²) in [6, 6.07) is 6.52. The summed E-state index contributed by atoms with van der Waals surface area (Å²) in [5, 5.41) is 9.13. The van der Waals surface area contributed by atoms with Crippen molar-refractivity contribution in [1.29, 1.82) is 0 Å². The van der Waals surface area contributed by atoms with Crippen LogP contribution < -0.4 is 4.74 Å². The molecule has 0 saturated carbocycles. The number of aromatic carboxylic acids is 1. The molecule has 6 heteroatoms. The zero-order valence-electron chi connectivity index (χ0n) is 15.7. The Morgan fingerprint density at radius 3 is 2.26 bits per heavy atom. The van der Waals surface area contributed by atoms with Gasteiger partial charge >= 0.3 is 11.9 Å². The van der Waals surface area contributed by atoms with Crippen molar-refractivity contribution in [2.24, 2.45) is 0 Å². The lowest BCUT2D eigenvalue weighted by Crippen LogP contribution is -2.11. The summed E-state index contributed by atoms with van der Waals surface area (Å²) in [6.07, 6.45) is 10.5. The molecule has 1 unspecified atom stereocenters. The number of carboxylic acid groups (broad SMARTS) is 1. The summed E-state index contributed by atoms with van der Waals surface area (Å²) in [5.74, 6) is -1.07. The number of unbranched alkanes of at least 4 members (excludes halogenated alkanes) is 7. The van der Waals surface area contributed by atoms with Gasteiger partial charge in [0.25, 0.3) is 0 Å². The van der Waals surface area contributed by atoms with Crippen LogP contribution in [0.3, 0.4) is 0 Å². The minimum atomic E-state index is -1.02. The molecule has 0 aliphatic rings. The molecular weight excluding hydrogens is 368 g/mol. The molecule has 0 aliphatic heterocycles. The number of carbonyl (C=O) groups excluding carboxylic acids is 1. The number of ether oxygens (including phenoxy) is 2. The largest absolute Gasteiger partial charge is 0.478 e. The van der Waals surface area contributed by atoms with Crippen molar-refractivity contribution in [1.82, 2.24) is 0 Å². The van der Waals surface area contributed by atoms with Gasteiger partial charge in [0.2, 0.25) is 0 Å². The Labute approximate surface area is 166 Å². The van der Waals surface area contributed by atoms with E-state index in [0.29, 0.717) is 18.8 Å². The molecule has 1 aromatic rings. The van der Waals surface area contributed by atoms with E-state index in [1.807, 2.05) is 0 Å². The summed E-state index contributed by atoms with van der Waals surface area (Å²) >= 11 is 6.18. The molecule has 27 heavy (non-hydrogen) atoms. The van der Waals surface area contributed by atoms with Gasteiger partial charge in [0.1, 0.15) is 11.3 Å². The zero-order chi connectivity index (χ0) is 19.9. The average Bonchev–Trinajstić information content (AvgIpc) is 2.66. The van der Waals surface area contributed by atoms with Gasteiger partial charge in [-0.15, -0.1) is 0 Å². The fraction of sp³-hybridized carbons (Fsp3) is 0.524. The van der Waals surface area contributed by atoms with Crippen LogP contribution >= 0.6 is 11.6 Å². The van der Waals surface area contributed by atoms with E-state index in [0.717, 1.165) is 38.5 Å². The van der Waals surface area contributed by atoms with Crippen LogP contribution in [0.2, 0.25) is 0 Å². The second kappa shape index (κ2) is 14.1. The molecule has 1 aromatic carbocycles. The molecule has 0 spiro atoms. The van der Waals surface area contributed by atoms with Crippen LogP contribution in [0.4, 0.5) is 0 Å². The van der Waals surface area contributed by atoms with E-state index in [9.17, 15) is 9.59 Å². The Kier molecular flexibility index (Phi) is 12.0. The Bertz CT molecular complexity index is 588. The van der Waals surface area contributed by atoms with Crippen molar-refractivity contribution in [2.75, 3.05) is 6.61 Å². The molecule has 0 heterocycles. The number of halogens is 1. The molecule has 5 nitrogen and oxygen atoms in total. The maximum Gasteiger partial charge on any atom is 0.339 e. The standard InChI is InChI=1S/C21H29ClO5/c1-2-20(23)26-16-12-8-6-4-3-5-7-9-15-19(22)27-18-14-11-10-13-17(18)21(24)25/h2,10-11,13-14,19H,1,3-9,12,15-16H2,(H,24,25). The highest BCUT2D eigenvalue weighted by atomic mass is 35.5. The Morgan fingerprint density at radius 1 is 1.04 bits per heavy atom. The molecule has 0 aliphatic carbocycles. The monoisotopic (exact) mass is 396 g/mol. The second-order valence-corrected chi connectivity index (χ2v) is 6.80. The van der Waals surface area contributed by atoms with E-state index in [4.69, 9.17) is 26.2 Å². The predicted octanol–water partition coefficient (Wildman–Crippen LogP) is 5.57. The highest BCUT2D eigenvalue weighted by Crippen LogP contribution is 2.22. The van der Waals surface area contributed by atoms with Gasteiger partial charge in [0.05, 0.1) is 6.61 Å². The molecule has 0 radical (unpaired) electrons. The molecule has 0 amide bonds. The lowest BCUT2D eigenvalue weighted by Gasteiger charge is -2.14. The zero-order valence-corrected chi connectivity index (χ0v) is 16.5. The third kappa shape index (κ3) is 10.7. The van der Waals surface area contributed by atoms with Gasteiger partial charge in [0, 0.05) is 6.08 Å². The fourth-order valence-corrected chi connectivity index (χ4v) is 2.89. The van der Waals surface area contributed by atoms with Crippen molar-refractivity contribution in [3.63, 3.8) is 0 Å². The topological polar surface area (TPSA) is 72.8 Å². The smallest absolute Gasteiger partial charge is 0.339 e. The van der Waals surface area contributed by atoms with E-state index in [1.165, 1.54) is 25.0 Å². The maximum atomic E-state index is 11.1. The number of para-hydroxylation sites is 1. The highest BCUT2D eigenvalue weighted by molar-refractivity contribution is 6.19. The Morgan fingerprint density at radius 2 is 1.63 bits per heavy atom. The number of rotatable bonds is 15. The minimum absolute atomic E-state index is 0.127. The van der Waals surface area contributed by atoms with Crippen molar-refractivity contribution in [3.05, 3.63) is 42.5 Å². The summed E-state index contributed by atoms with van der Waals surface area (Å²) in [4.78, 5) is 22.0. The summed E-state index contributed by atoms with van der Waals surface area (Å²) < 4.78 is 10.5. The number of esters is 1. The number of carboxylic acids is 1. The van der Waals surface area contributed by atoms with Crippen LogP contribution in [0.5, 0.6) is 5.75 Å². The highest BCUT2D eigenvalue weighted by Gasteiger charge is 2.13. The molecule has 0 fully saturated rings. The minimum Gasteiger partial charge on any atom is -0.478 e. The molecule has 1 rings (SSSR count). The van der Waals surface area contributed by atoms with E-state index >= 15 is 0 Å². The predicted molar refractivity (Wildman–Crippen MR) is 106 cm³/mol. The maximum absolute atomic E-state index is 11.1. The molecule has 1 atom stereocenters. The molecule has 0 aromatic heterocycles. The normalized spacial score (nSPS) is 11.6. The van der Waals surface area contributed by atoms with Gasteiger partial charge in [-0.25, -0.2) is 9.59 Å². The van der Waals surface area contributed by atoms with Gasteiger partial charge in [-0.05, 0) is 31.4 Å².